The number of ether oxygens (including phenoxy) is 1. The maximum Gasteiger partial charge on any atom is 0.254 e. The van der Waals surface area contributed by atoms with Crippen LogP contribution in [0.3, 0.4) is 0 Å². The second-order valence-corrected chi connectivity index (χ2v) is 7.10. The fraction of sp³-hybridized carbons (Fsp3) is 0.348. The van der Waals surface area contributed by atoms with E-state index in [-0.39, 0.29) is 11.9 Å². The van der Waals surface area contributed by atoms with E-state index in [0.29, 0.717) is 12.2 Å². The van der Waals surface area contributed by atoms with E-state index in [1.807, 2.05) is 62.5 Å². The van der Waals surface area contributed by atoms with Gasteiger partial charge in [-0.2, -0.15) is 5.10 Å². The number of hydrogen-bond acceptors (Lipinski definition) is 4. The zero-order valence-corrected chi connectivity index (χ0v) is 17.3. The molecule has 6 heteroatoms. The van der Waals surface area contributed by atoms with Gasteiger partial charge in [-0.1, -0.05) is 31.9 Å². The minimum atomic E-state index is -0.0581. The molecule has 0 radical (unpaired) electrons. The second-order valence-electron chi connectivity index (χ2n) is 7.10. The summed E-state index contributed by atoms with van der Waals surface area (Å²) in [7, 11) is 1.83. The highest BCUT2D eigenvalue weighted by atomic mass is 16.5. The molecule has 2 aromatic carbocycles. The maximum absolute atomic E-state index is 12.9. The lowest BCUT2D eigenvalue weighted by Gasteiger charge is -2.25. The van der Waals surface area contributed by atoms with E-state index >= 15 is 0 Å². The third kappa shape index (κ3) is 5.22. The number of nitrogens with zero attached hydrogens (tertiary/aromatic N) is 4. The van der Waals surface area contributed by atoms with Gasteiger partial charge in [0.05, 0.1) is 18.3 Å². The van der Waals surface area contributed by atoms with Gasteiger partial charge in [-0.15, -0.1) is 0 Å². The van der Waals surface area contributed by atoms with Crippen LogP contribution in [-0.2, 0) is 0 Å². The molecule has 0 N–H and O–H groups in total. The van der Waals surface area contributed by atoms with Crippen LogP contribution >= 0.6 is 0 Å². The number of amides is 1. The zero-order valence-electron chi connectivity index (χ0n) is 17.3. The van der Waals surface area contributed by atoms with Crippen molar-refractivity contribution in [1.29, 1.82) is 0 Å². The summed E-state index contributed by atoms with van der Waals surface area (Å²) in [5.74, 6) is 0.785. The van der Waals surface area contributed by atoms with E-state index in [1.54, 1.807) is 15.9 Å². The number of unbranched alkanes of at least 4 members (excludes halogenated alkanes) is 2. The maximum atomic E-state index is 12.9. The molecule has 29 heavy (non-hydrogen) atoms. The molecule has 1 aromatic heterocycles. The third-order valence-corrected chi connectivity index (χ3v) is 5.08. The van der Waals surface area contributed by atoms with Gasteiger partial charge < -0.3 is 9.64 Å². The molecule has 1 amide bonds. The predicted octanol–water partition coefficient (Wildman–Crippen LogP) is 4.67. The van der Waals surface area contributed by atoms with Crippen LogP contribution in [0, 0.1) is 0 Å². The summed E-state index contributed by atoms with van der Waals surface area (Å²) in [5.41, 5.74) is 2.64. The molecule has 1 heterocycles. The van der Waals surface area contributed by atoms with Crippen molar-refractivity contribution in [2.75, 3.05) is 13.7 Å². The van der Waals surface area contributed by atoms with E-state index in [0.717, 1.165) is 23.4 Å². The van der Waals surface area contributed by atoms with E-state index in [4.69, 9.17) is 4.74 Å². The van der Waals surface area contributed by atoms with Crippen molar-refractivity contribution >= 4 is 5.91 Å². The third-order valence-electron chi connectivity index (χ3n) is 5.08. The smallest absolute Gasteiger partial charge is 0.254 e. The van der Waals surface area contributed by atoms with Crippen molar-refractivity contribution in [2.24, 2.45) is 0 Å². The Morgan fingerprint density at radius 3 is 2.45 bits per heavy atom. The molecule has 0 aliphatic heterocycles. The minimum absolute atomic E-state index is 0.0182. The fourth-order valence-corrected chi connectivity index (χ4v) is 3.09. The molecule has 152 valence electrons. The first kappa shape index (κ1) is 20.6. The molecule has 0 fully saturated rings. The van der Waals surface area contributed by atoms with E-state index in [9.17, 15) is 4.79 Å². The molecule has 1 atom stereocenters. The second kappa shape index (κ2) is 9.87. The Morgan fingerprint density at radius 2 is 1.83 bits per heavy atom. The van der Waals surface area contributed by atoms with Crippen LogP contribution in [0.5, 0.6) is 5.75 Å². The van der Waals surface area contributed by atoms with Crippen molar-refractivity contribution < 1.29 is 9.53 Å². The SMILES string of the molecule is CCCCCOc1ccc(C(=O)N(C)C(C)c2ccc(-n3cncn3)cc2)cc1. The molecule has 0 bridgehead atoms. The Hall–Kier alpha value is -3.15. The number of carbonyl (C=O) groups excluding carboxylic acids is 1. The van der Waals surface area contributed by atoms with Crippen LogP contribution in [0.1, 0.15) is 55.1 Å². The first-order valence-electron chi connectivity index (χ1n) is 10.0. The van der Waals surface area contributed by atoms with Gasteiger partial charge in [-0.25, -0.2) is 9.67 Å². The van der Waals surface area contributed by atoms with Gasteiger partial charge in [0, 0.05) is 12.6 Å². The molecule has 0 spiro atoms. The topological polar surface area (TPSA) is 60.2 Å². The van der Waals surface area contributed by atoms with Crippen LogP contribution < -0.4 is 4.74 Å². The summed E-state index contributed by atoms with van der Waals surface area (Å²) in [6, 6.07) is 15.3. The number of aromatic nitrogens is 3. The summed E-state index contributed by atoms with van der Waals surface area (Å²) in [6.45, 7) is 4.90. The minimum Gasteiger partial charge on any atom is -0.494 e. The predicted molar refractivity (Wildman–Crippen MR) is 113 cm³/mol. The van der Waals surface area contributed by atoms with Gasteiger partial charge in [0.15, 0.2) is 0 Å². The van der Waals surface area contributed by atoms with Crippen molar-refractivity contribution in [2.45, 2.75) is 39.2 Å². The van der Waals surface area contributed by atoms with Gasteiger partial charge in [-0.05, 0) is 55.3 Å². The lowest BCUT2D eigenvalue weighted by atomic mass is 10.1. The molecule has 0 aliphatic rings. The standard InChI is InChI=1S/C23H28N4O2/c1-4-5-6-15-29-22-13-9-20(10-14-22)23(28)26(3)18(2)19-7-11-21(12-8-19)27-17-24-16-25-27/h7-14,16-18H,4-6,15H2,1-3H3. The van der Waals surface area contributed by atoms with Crippen LogP contribution in [0.25, 0.3) is 5.69 Å². The molecule has 1 unspecified atom stereocenters. The molecular weight excluding hydrogens is 364 g/mol. The normalized spacial score (nSPS) is 11.8. The van der Waals surface area contributed by atoms with Crippen molar-refractivity contribution in [3.05, 3.63) is 72.3 Å². The van der Waals surface area contributed by atoms with Crippen LogP contribution in [0.4, 0.5) is 0 Å². The summed E-state index contributed by atoms with van der Waals surface area (Å²) in [6.07, 6.45) is 6.55. The molecule has 0 aliphatic carbocycles. The summed E-state index contributed by atoms with van der Waals surface area (Å²) in [4.78, 5) is 18.6. The zero-order chi connectivity index (χ0) is 20.6. The van der Waals surface area contributed by atoms with E-state index < -0.39 is 0 Å². The highest BCUT2D eigenvalue weighted by molar-refractivity contribution is 5.94. The van der Waals surface area contributed by atoms with Crippen LogP contribution in [0.2, 0.25) is 0 Å². The Morgan fingerprint density at radius 1 is 1.10 bits per heavy atom. The molecule has 3 aromatic rings. The Labute approximate surface area is 172 Å². The van der Waals surface area contributed by atoms with E-state index in [2.05, 4.69) is 17.0 Å². The number of carbonyl (C=O) groups is 1. The molecule has 3 rings (SSSR count). The average Bonchev–Trinajstić information content (AvgIpc) is 3.31. The van der Waals surface area contributed by atoms with Gasteiger partial charge in [-0.3, -0.25) is 4.79 Å². The lowest BCUT2D eigenvalue weighted by molar-refractivity contribution is 0.0742. The van der Waals surface area contributed by atoms with Crippen LogP contribution in [0.15, 0.2) is 61.2 Å². The highest BCUT2D eigenvalue weighted by Gasteiger charge is 2.19. The van der Waals surface area contributed by atoms with Crippen molar-refractivity contribution in [3.63, 3.8) is 0 Å². The first-order chi connectivity index (χ1) is 14.1. The van der Waals surface area contributed by atoms with Crippen LogP contribution in [-0.4, -0.2) is 39.2 Å². The molecule has 0 saturated carbocycles. The number of rotatable bonds is 9. The van der Waals surface area contributed by atoms with Crippen molar-refractivity contribution in [3.8, 4) is 11.4 Å². The summed E-state index contributed by atoms with van der Waals surface area (Å²) >= 11 is 0. The molecular formula is C23H28N4O2. The summed E-state index contributed by atoms with van der Waals surface area (Å²) in [5, 5.41) is 4.13. The molecule has 0 saturated heterocycles. The fourth-order valence-electron chi connectivity index (χ4n) is 3.09. The van der Waals surface area contributed by atoms with Gasteiger partial charge in [0.2, 0.25) is 0 Å². The Bertz CT molecular complexity index is 890. The van der Waals surface area contributed by atoms with Crippen molar-refractivity contribution in [1.82, 2.24) is 19.7 Å². The van der Waals surface area contributed by atoms with Gasteiger partial charge >= 0.3 is 0 Å². The van der Waals surface area contributed by atoms with Gasteiger partial charge in [0.25, 0.3) is 5.91 Å². The average molecular weight is 393 g/mol. The lowest BCUT2D eigenvalue weighted by Crippen LogP contribution is -2.29. The number of hydrogen-bond donors (Lipinski definition) is 0. The largest absolute Gasteiger partial charge is 0.494 e. The van der Waals surface area contributed by atoms with E-state index in [1.165, 1.54) is 19.2 Å². The monoisotopic (exact) mass is 392 g/mol. The first-order valence-corrected chi connectivity index (χ1v) is 10.0. The highest BCUT2D eigenvalue weighted by Crippen LogP contribution is 2.23. The number of benzene rings is 2. The quantitative estimate of drug-likeness (QED) is 0.497. The Balaban J connectivity index is 1.61. The van der Waals surface area contributed by atoms with Gasteiger partial charge in [0.1, 0.15) is 18.4 Å². The summed E-state index contributed by atoms with van der Waals surface area (Å²) < 4.78 is 7.43. The Kier molecular flexibility index (Phi) is 7.00. The molecule has 6 nitrogen and oxygen atoms in total.